The standard InChI is InChI=1S/C13H17N3O2/c17-13(16-6-2-1-3-7-16)11-15-8-4-12(5-9-15)10-14-18/h4-5,8-10H,1-3,6-7,11H2. The Hall–Kier alpha value is -1.91. The molecule has 0 aliphatic carbocycles. The van der Waals surface area contributed by atoms with Crippen molar-refractivity contribution in [2.24, 2.45) is 5.18 Å². The summed E-state index contributed by atoms with van der Waals surface area (Å²) in [6.45, 7) is 2.11. The molecule has 0 aromatic carbocycles. The third kappa shape index (κ3) is 3.29. The van der Waals surface area contributed by atoms with E-state index >= 15 is 0 Å². The van der Waals surface area contributed by atoms with Crippen LogP contribution in [-0.4, -0.2) is 35.3 Å². The molecule has 0 unspecified atom stereocenters. The molecule has 0 aromatic heterocycles. The van der Waals surface area contributed by atoms with Gasteiger partial charge in [0.2, 0.25) is 5.91 Å². The lowest BCUT2D eigenvalue weighted by atomic mass is 10.1. The summed E-state index contributed by atoms with van der Waals surface area (Å²) in [6.07, 6.45) is 11.8. The first-order valence-corrected chi connectivity index (χ1v) is 6.22. The minimum atomic E-state index is 0.157. The van der Waals surface area contributed by atoms with Crippen molar-refractivity contribution in [3.63, 3.8) is 0 Å². The highest BCUT2D eigenvalue weighted by Crippen LogP contribution is 2.12. The molecular formula is C13H17N3O2. The minimum absolute atomic E-state index is 0.157. The molecule has 0 aromatic rings. The van der Waals surface area contributed by atoms with Crippen LogP contribution >= 0.6 is 0 Å². The number of hydrogen-bond donors (Lipinski definition) is 0. The second kappa shape index (κ2) is 6.14. The van der Waals surface area contributed by atoms with E-state index in [0.717, 1.165) is 31.5 Å². The lowest BCUT2D eigenvalue weighted by Gasteiger charge is -2.29. The molecule has 2 heterocycles. The van der Waals surface area contributed by atoms with Gasteiger partial charge in [-0.2, -0.15) is 0 Å². The predicted molar refractivity (Wildman–Crippen MR) is 69.3 cm³/mol. The Morgan fingerprint density at radius 1 is 1.22 bits per heavy atom. The smallest absolute Gasteiger partial charge is 0.242 e. The first kappa shape index (κ1) is 12.5. The van der Waals surface area contributed by atoms with Crippen LogP contribution < -0.4 is 0 Å². The molecule has 18 heavy (non-hydrogen) atoms. The lowest BCUT2D eigenvalue weighted by molar-refractivity contribution is -0.132. The van der Waals surface area contributed by atoms with E-state index in [2.05, 4.69) is 5.18 Å². The molecule has 0 atom stereocenters. The molecule has 96 valence electrons. The van der Waals surface area contributed by atoms with Crippen LogP contribution in [0.15, 0.2) is 41.5 Å². The van der Waals surface area contributed by atoms with Gasteiger partial charge in [0.1, 0.15) is 6.54 Å². The van der Waals surface area contributed by atoms with Gasteiger partial charge in [-0.15, -0.1) is 4.91 Å². The second-order valence-electron chi connectivity index (χ2n) is 4.48. The van der Waals surface area contributed by atoms with Crippen molar-refractivity contribution >= 4 is 5.91 Å². The maximum absolute atomic E-state index is 12.0. The number of hydrogen-bond acceptors (Lipinski definition) is 4. The quantitative estimate of drug-likeness (QED) is 0.717. The Bertz CT molecular complexity index is 390. The van der Waals surface area contributed by atoms with Gasteiger partial charge in [0, 0.05) is 25.5 Å². The topological polar surface area (TPSA) is 53.0 Å². The van der Waals surface area contributed by atoms with E-state index in [1.807, 2.05) is 9.80 Å². The first-order chi connectivity index (χ1) is 8.79. The Balaban J connectivity index is 1.85. The van der Waals surface area contributed by atoms with E-state index in [1.165, 1.54) is 12.6 Å². The zero-order chi connectivity index (χ0) is 12.8. The van der Waals surface area contributed by atoms with Crippen molar-refractivity contribution in [1.29, 1.82) is 0 Å². The highest BCUT2D eigenvalue weighted by Gasteiger charge is 2.17. The van der Waals surface area contributed by atoms with Crippen molar-refractivity contribution in [2.75, 3.05) is 19.6 Å². The Labute approximate surface area is 106 Å². The van der Waals surface area contributed by atoms with Gasteiger partial charge in [0.15, 0.2) is 0 Å². The molecule has 0 saturated carbocycles. The zero-order valence-corrected chi connectivity index (χ0v) is 10.3. The molecule has 1 saturated heterocycles. The van der Waals surface area contributed by atoms with E-state index in [0.29, 0.717) is 6.54 Å². The molecule has 1 fully saturated rings. The van der Waals surface area contributed by atoms with Crippen LogP contribution in [0.1, 0.15) is 19.3 Å². The highest BCUT2D eigenvalue weighted by molar-refractivity contribution is 5.78. The number of nitrogens with zero attached hydrogens (tertiary/aromatic N) is 3. The van der Waals surface area contributed by atoms with Crippen LogP contribution in [-0.2, 0) is 4.79 Å². The zero-order valence-electron chi connectivity index (χ0n) is 10.3. The normalized spacial score (nSPS) is 19.0. The van der Waals surface area contributed by atoms with Crippen LogP contribution in [0, 0.1) is 4.91 Å². The van der Waals surface area contributed by atoms with Gasteiger partial charge in [-0.05, 0) is 42.2 Å². The number of nitroso groups, excluding NO2 is 1. The number of piperidine rings is 1. The van der Waals surface area contributed by atoms with E-state index < -0.39 is 0 Å². The Morgan fingerprint density at radius 3 is 2.50 bits per heavy atom. The van der Waals surface area contributed by atoms with Crippen molar-refractivity contribution in [1.82, 2.24) is 9.80 Å². The van der Waals surface area contributed by atoms with Gasteiger partial charge in [-0.1, -0.05) is 0 Å². The van der Waals surface area contributed by atoms with Crippen molar-refractivity contribution in [3.8, 4) is 0 Å². The number of rotatable bonds is 3. The molecule has 2 aliphatic rings. The fraction of sp³-hybridized carbons (Fsp3) is 0.462. The maximum Gasteiger partial charge on any atom is 0.242 e. The van der Waals surface area contributed by atoms with Gasteiger partial charge in [0.05, 0.1) is 6.20 Å². The van der Waals surface area contributed by atoms with Gasteiger partial charge < -0.3 is 9.80 Å². The van der Waals surface area contributed by atoms with Crippen molar-refractivity contribution in [2.45, 2.75) is 19.3 Å². The summed E-state index contributed by atoms with van der Waals surface area (Å²) < 4.78 is 0. The predicted octanol–water partition coefficient (Wildman–Crippen LogP) is 1.99. The van der Waals surface area contributed by atoms with E-state index in [-0.39, 0.29) is 5.91 Å². The second-order valence-corrected chi connectivity index (χ2v) is 4.48. The molecule has 2 rings (SSSR count). The van der Waals surface area contributed by atoms with Crippen molar-refractivity contribution < 1.29 is 4.79 Å². The Kier molecular flexibility index (Phi) is 4.28. The molecule has 0 radical (unpaired) electrons. The number of carbonyl (C=O) groups excluding carboxylic acids is 1. The molecule has 2 aliphatic heterocycles. The fourth-order valence-electron chi connectivity index (χ4n) is 2.12. The first-order valence-electron chi connectivity index (χ1n) is 6.22. The summed E-state index contributed by atoms with van der Waals surface area (Å²) in [6, 6.07) is 0. The van der Waals surface area contributed by atoms with E-state index in [4.69, 9.17) is 0 Å². The number of allylic oxidation sites excluding steroid dienone is 3. The molecule has 5 heteroatoms. The molecule has 0 bridgehead atoms. The third-order valence-corrected chi connectivity index (χ3v) is 3.15. The van der Waals surface area contributed by atoms with Crippen LogP contribution in [0.25, 0.3) is 0 Å². The largest absolute Gasteiger partial charge is 0.345 e. The number of carbonyl (C=O) groups is 1. The van der Waals surface area contributed by atoms with Gasteiger partial charge >= 0.3 is 0 Å². The number of amides is 1. The van der Waals surface area contributed by atoms with Crippen LogP contribution in [0.3, 0.4) is 0 Å². The van der Waals surface area contributed by atoms with Crippen molar-refractivity contribution in [3.05, 3.63) is 41.2 Å². The fourth-order valence-corrected chi connectivity index (χ4v) is 2.12. The van der Waals surface area contributed by atoms with E-state index in [1.54, 1.807) is 24.6 Å². The molecule has 0 spiro atoms. The summed E-state index contributed by atoms with van der Waals surface area (Å²) in [7, 11) is 0. The summed E-state index contributed by atoms with van der Waals surface area (Å²) in [5.41, 5.74) is 0.742. The van der Waals surface area contributed by atoms with Crippen LogP contribution in [0.5, 0.6) is 0 Å². The molecule has 0 N–H and O–H groups in total. The van der Waals surface area contributed by atoms with Crippen LogP contribution in [0.2, 0.25) is 0 Å². The van der Waals surface area contributed by atoms with Crippen LogP contribution in [0.4, 0.5) is 0 Å². The molecule has 1 amide bonds. The SMILES string of the molecule is O=NC=C1C=CN(CC(=O)N2CCCCC2)C=C1. The maximum atomic E-state index is 12.0. The minimum Gasteiger partial charge on any atom is -0.345 e. The van der Waals surface area contributed by atoms with E-state index in [9.17, 15) is 9.70 Å². The van der Waals surface area contributed by atoms with Gasteiger partial charge in [0.25, 0.3) is 0 Å². The average Bonchev–Trinajstić information content (AvgIpc) is 2.42. The summed E-state index contributed by atoms with van der Waals surface area (Å²) >= 11 is 0. The van der Waals surface area contributed by atoms with Gasteiger partial charge in [-0.3, -0.25) is 4.79 Å². The molecule has 5 nitrogen and oxygen atoms in total. The highest BCUT2D eigenvalue weighted by atomic mass is 16.2. The molecular weight excluding hydrogens is 230 g/mol. The number of likely N-dealkylation sites (tertiary alicyclic amines) is 1. The summed E-state index contributed by atoms with van der Waals surface area (Å²) in [5, 5.41) is 2.71. The average molecular weight is 247 g/mol. The third-order valence-electron chi connectivity index (χ3n) is 3.15. The summed E-state index contributed by atoms with van der Waals surface area (Å²) in [5.74, 6) is 0.157. The van der Waals surface area contributed by atoms with Gasteiger partial charge in [-0.25, -0.2) is 0 Å². The Morgan fingerprint density at radius 2 is 1.89 bits per heavy atom. The monoisotopic (exact) mass is 247 g/mol. The summed E-state index contributed by atoms with van der Waals surface area (Å²) in [4.78, 5) is 25.8. The lowest BCUT2D eigenvalue weighted by Crippen LogP contribution is -2.40.